The van der Waals surface area contributed by atoms with Gasteiger partial charge in [-0.05, 0) is 48.0 Å². The van der Waals surface area contributed by atoms with Crippen LogP contribution in [0.15, 0.2) is 61.1 Å². The molecule has 1 aliphatic rings. The van der Waals surface area contributed by atoms with Crippen LogP contribution in [0, 0.1) is 0 Å². The van der Waals surface area contributed by atoms with Gasteiger partial charge in [0.05, 0.1) is 18.4 Å². The van der Waals surface area contributed by atoms with Gasteiger partial charge in [0.1, 0.15) is 11.9 Å². The van der Waals surface area contributed by atoms with Crippen LogP contribution in [-0.2, 0) is 6.42 Å². The number of ether oxygens (including phenoxy) is 1. The maximum atomic E-state index is 12.2. The Morgan fingerprint density at radius 1 is 1.19 bits per heavy atom. The van der Waals surface area contributed by atoms with Gasteiger partial charge in [-0.25, -0.2) is 0 Å². The summed E-state index contributed by atoms with van der Waals surface area (Å²) in [6.07, 6.45) is 5.72. The highest BCUT2D eigenvalue weighted by atomic mass is 35.5. The molecule has 2 aromatic carbocycles. The molecule has 3 aromatic rings. The summed E-state index contributed by atoms with van der Waals surface area (Å²) in [7, 11) is 0. The number of carbonyl (C=O) groups excluding carboxylic acids is 1. The Bertz CT molecular complexity index is 930. The number of rotatable bonds is 4. The number of halogens is 1. The van der Waals surface area contributed by atoms with Crippen LogP contribution >= 0.6 is 11.6 Å². The van der Waals surface area contributed by atoms with E-state index in [4.69, 9.17) is 16.3 Å². The molecular formula is C20H16ClN3O2. The number of hydrogen-bond donors (Lipinski definition) is 1. The molecule has 1 atom stereocenters. The lowest BCUT2D eigenvalue weighted by Gasteiger charge is -2.12. The third-order valence-electron chi connectivity index (χ3n) is 4.26. The molecular weight excluding hydrogens is 350 g/mol. The summed E-state index contributed by atoms with van der Waals surface area (Å²) in [6, 6.07) is 12.8. The van der Waals surface area contributed by atoms with E-state index in [0.717, 1.165) is 29.0 Å². The molecule has 0 fully saturated rings. The van der Waals surface area contributed by atoms with E-state index in [2.05, 4.69) is 21.4 Å². The van der Waals surface area contributed by atoms with Crippen LogP contribution in [0.1, 0.15) is 15.9 Å². The van der Waals surface area contributed by atoms with Gasteiger partial charge in [-0.3, -0.25) is 14.8 Å². The van der Waals surface area contributed by atoms with E-state index in [1.54, 1.807) is 42.9 Å². The van der Waals surface area contributed by atoms with Crippen molar-refractivity contribution in [2.24, 2.45) is 0 Å². The van der Waals surface area contributed by atoms with Crippen molar-refractivity contribution in [1.29, 1.82) is 0 Å². The first kappa shape index (κ1) is 16.5. The van der Waals surface area contributed by atoms with Crippen molar-refractivity contribution < 1.29 is 9.53 Å². The zero-order valence-electron chi connectivity index (χ0n) is 13.9. The number of aromatic nitrogens is 2. The minimum absolute atomic E-state index is 0.0849. The molecule has 2 heterocycles. The molecule has 5 nitrogen and oxygen atoms in total. The molecule has 26 heavy (non-hydrogen) atoms. The van der Waals surface area contributed by atoms with Crippen LogP contribution < -0.4 is 10.1 Å². The van der Waals surface area contributed by atoms with Gasteiger partial charge in [-0.2, -0.15) is 0 Å². The largest absolute Gasteiger partial charge is 0.488 e. The summed E-state index contributed by atoms with van der Waals surface area (Å²) < 4.78 is 5.93. The van der Waals surface area contributed by atoms with Crippen molar-refractivity contribution in [3.8, 4) is 17.0 Å². The monoisotopic (exact) mass is 365 g/mol. The van der Waals surface area contributed by atoms with Crippen molar-refractivity contribution in [1.82, 2.24) is 15.3 Å². The van der Waals surface area contributed by atoms with Gasteiger partial charge < -0.3 is 10.1 Å². The molecule has 1 aliphatic heterocycles. The van der Waals surface area contributed by atoms with E-state index in [0.29, 0.717) is 17.1 Å². The molecule has 4 rings (SSSR count). The van der Waals surface area contributed by atoms with Gasteiger partial charge in [-0.1, -0.05) is 11.6 Å². The minimum Gasteiger partial charge on any atom is -0.488 e. The van der Waals surface area contributed by atoms with E-state index in [-0.39, 0.29) is 12.0 Å². The molecule has 6 heteroatoms. The Kier molecular flexibility index (Phi) is 4.54. The number of amides is 1. The van der Waals surface area contributed by atoms with Crippen molar-refractivity contribution >= 4 is 17.5 Å². The fourth-order valence-corrected chi connectivity index (χ4v) is 3.08. The normalized spacial score (nSPS) is 15.2. The Morgan fingerprint density at radius 3 is 2.81 bits per heavy atom. The molecule has 1 N–H and O–H groups in total. The quantitative estimate of drug-likeness (QED) is 0.768. The number of fused-ring (bicyclic) bond motifs is 1. The van der Waals surface area contributed by atoms with Crippen LogP contribution in [0.3, 0.4) is 0 Å². The van der Waals surface area contributed by atoms with Gasteiger partial charge in [0.25, 0.3) is 5.91 Å². The molecule has 0 saturated heterocycles. The highest BCUT2D eigenvalue weighted by molar-refractivity contribution is 6.30. The smallest absolute Gasteiger partial charge is 0.251 e. The molecule has 0 spiro atoms. The molecule has 130 valence electrons. The number of nitrogens with zero attached hydrogens (tertiary/aromatic N) is 2. The Balaban J connectivity index is 1.39. The van der Waals surface area contributed by atoms with E-state index in [9.17, 15) is 4.79 Å². The first-order valence-electron chi connectivity index (χ1n) is 8.29. The van der Waals surface area contributed by atoms with Crippen LogP contribution in [0.4, 0.5) is 0 Å². The van der Waals surface area contributed by atoms with Crippen molar-refractivity contribution in [2.45, 2.75) is 12.5 Å². The second-order valence-corrected chi connectivity index (χ2v) is 6.51. The zero-order chi connectivity index (χ0) is 17.9. The maximum Gasteiger partial charge on any atom is 0.251 e. The van der Waals surface area contributed by atoms with Crippen LogP contribution in [0.25, 0.3) is 11.3 Å². The van der Waals surface area contributed by atoms with Gasteiger partial charge >= 0.3 is 0 Å². The summed E-state index contributed by atoms with van der Waals surface area (Å²) in [5.41, 5.74) is 3.52. The summed E-state index contributed by atoms with van der Waals surface area (Å²) in [4.78, 5) is 20.6. The topological polar surface area (TPSA) is 64.1 Å². The van der Waals surface area contributed by atoms with E-state index in [1.807, 2.05) is 12.1 Å². The molecule has 1 aromatic heterocycles. The first-order chi connectivity index (χ1) is 12.7. The van der Waals surface area contributed by atoms with Crippen molar-refractivity contribution in [2.75, 3.05) is 6.54 Å². The highest BCUT2D eigenvalue weighted by Crippen LogP contribution is 2.32. The second kappa shape index (κ2) is 7.14. The zero-order valence-corrected chi connectivity index (χ0v) is 14.6. The van der Waals surface area contributed by atoms with E-state index >= 15 is 0 Å². The molecule has 0 bridgehead atoms. The number of nitrogens with one attached hydrogen (secondary N) is 1. The van der Waals surface area contributed by atoms with Crippen molar-refractivity contribution in [3.05, 3.63) is 77.2 Å². The predicted molar refractivity (Wildman–Crippen MR) is 99.4 cm³/mol. The molecule has 1 amide bonds. The van der Waals surface area contributed by atoms with Gasteiger partial charge in [0, 0.05) is 35.0 Å². The van der Waals surface area contributed by atoms with Gasteiger partial charge in [0.15, 0.2) is 0 Å². The van der Waals surface area contributed by atoms with Crippen LogP contribution in [0.2, 0.25) is 5.02 Å². The van der Waals surface area contributed by atoms with Crippen LogP contribution in [0.5, 0.6) is 5.75 Å². The SMILES string of the molecule is O=C(NCC1Cc2cc(-c3cnccn3)ccc2O1)c1ccc(Cl)cc1. The van der Waals surface area contributed by atoms with E-state index < -0.39 is 0 Å². The highest BCUT2D eigenvalue weighted by Gasteiger charge is 2.24. The van der Waals surface area contributed by atoms with E-state index in [1.165, 1.54) is 0 Å². The fraction of sp³-hybridized carbons (Fsp3) is 0.150. The third kappa shape index (κ3) is 3.53. The molecule has 0 radical (unpaired) electrons. The lowest BCUT2D eigenvalue weighted by Crippen LogP contribution is -2.34. The average Bonchev–Trinajstić information content (AvgIpc) is 3.09. The van der Waals surface area contributed by atoms with Crippen LogP contribution in [-0.4, -0.2) is 28.5 Å². The fourth-order valence-electron chi connectivity index (χ4n) is 2.95. The second-order valence-electron chi connectivity index (χ2n) is 6.07. The third-order valence-corrected chi connectivity index (χ3v) is 4.51. The number of benzene rings is 2. The number of carbonyl (C=O) groups is 1. The average molecular weight is 366 g/mol. The molecule has 0 saturated carbocycles. The standard InChI is InChI=1S/C20H16ClN3O2/c21-16-4-1-13(2-5-16)20(25)24-11-17-10-15-9-14(3-6-19(15)26-17)18-12-22-7-8-23-18/h1-9,12,17H,10-11H2,(H,24,25). The first-order valence-corrected chi connectivity index (χ1v) is 8.66. The maximum absolute atomic E-state index is 12.2. The Labute approximate surface area is 156 Å². The van der Waals surface area contributed by atoms with Gasteiger partial charge in [0.2, 0.25) is 0 Å². The van der Waals surface area contributed by atoms with Crippen molar-refractivity contribution in [3.63, 3.8) is 0 Å². The summed E-state index contributed by atoms with van der Waals surface area (Å²) in [6.45, 7) is 0.441. The predicted octanol–water partition coefficient (Wildman–Crippen LogP) is 3.53. The lowest BCUT2D eigenvalue weighted by molar-refractivity contribution is 0.0933. The minimum atomic E-state index is -0.138. The summed E-state index contributed by atoms with van der Waals surface area (Å²) >= 11 is 5.85. The Morgan fingerprint density at radius 2 is 2.04 bits per heavy atom. The molecule has 1 unspecified atom stereocenters. The Hall–Kier alpha value is -2.92. The number of hydrogen-bond acceptors (Lipinski definition) is 4. The molecule has 0 aliphatic carbocycles. The lowest BCUT2D eigenvalue weighted by atomic mass is 10.0. The van der Waals surface area contributed by atoms with Gasteiger partial charge in [-0.15, -0.1) is 0 Å². The summed E-state index contributed by atoms with van der Waals surface area (Å²) in [5, 5.41) is 3.52. The summed E-state index contributed by atoms with van der Waals surface area (Å²) in [5.74, 6) is 0.713.